The van der Waals surface area contributed by atoms with Crippen LogP contribution in [-0.2, 0) is 11.2 Å². The van der Waals surface area contributed by atoms with Crippen molar-refractivity contribution in [2.45, 2.75) is 6.42 Å². The van der Waals surface area contributed by atoms with E-state index in [2.05, 4.69) is 4.98 Å². The van der Waals surface area contributed by atoms with E-state index in [1.807, 2.05) is 48.5 Å². The number of aromatic nitrogens is 1. The van der Waals surface area contributed by atoms with Crippen molar-refractivity contribution in [3.8, 4) is 11.1 Å². The van der Waals surface area contributed by atoms with Gasteiger partial charge in [0.15, 0.2) is 0 Å². The summed E-state index contributed by atoms with van der Waals surface area (Å²) in [6.07, 6.45) is -0.227. The molecule has 4 aromatic rings. The highest BCUT2D eigenvalue weighted by atomic mass is 35.5. The Morgan fingerprint density at radius 1 is 0.929 bits per heavy atom. The topological polar surface area (TPSA) is 70.2 Å². The van der Waals surface area contributed by atoms with Crippen molar-refractivity contribution < 1.29 is 14.7 Å². The Labute approximate surface area is 166 Å². The first kappa shape index (κ1) is 18.0. The van der Waals surface area contributed by atoms with Gasteiger partial charge in [-0.25, -0.2) is 0 Å². The SMILES string of the molecule is O=C(O)Cc1c(C(=O)c2cccc(-c3ccccc3Cl)c2)[nH]c2ccccc12. The van der Waals surface area contributed by atoms with Gasteiger partial charge in [0.2, 0.25) is 5.78 Å². The van der Waals surface area contributed by atoms with E-state index < -0.39 is 5.97 Å². The van der Waals surface area contributed by atoms with Crippen molar-refractivity contribution in [1.29, 1.82) is 0 Å². The lowest BCUT2D eigenvalue weighted by atomic mass is 9.98. The molecule has 1 heterocycles. The van der Waals surface area contributed by atoms with Crippen LogP contribution in [0.15, 0.2) is 72.8 Å². The molecule has 4 nitrogen and oxygen atoms in total. The molecule has 0 spiro atoms. The summed E-state index contributed by atoms with van der Waals surface area (Å²) >= 11 is 6.29. The van der Waals surface area contributed by atoms with Crippen LogP contribution >= 0.6 is 11.6 Å². The van der Waals surface area contributed by atoms with Crippen LogP contribution in [0.5, 0.6) is 0 Å². The number of benzene rings is 3. The summed E-state index contributed by atoms with van der Waals surface area (Å²) in [4.78, 5) is 27.7. The zero-order valence-electron chi connectivity index (χ0n) is 14.8. The zero-order chi connectivity index (χ0) is 19.7. The third-order valence-electron chi connectivity index (χ3n) is 4.68. The number of aliphatic carboxylic acids is 1. The maximum Gasteiger partial charge on any atom is 0.307 e. The molecule has 1 aromatic heterocycles. The van der Waals surface area contributed by atoms with Gasteiger partial charge in [0.25, 0.3) is 0 Å². The van der Waals surface area contributed by atoms with Crippen LogP contribution in [0.2, 0.25) is 5.02 Å². The van der Waals surface area contributed by atoms with Crippen molar-refractivity contribution in [2.75, 3.05) is 0 Å². The molecule has 2 N–H and O–H groups in total. The first-order valence-corrected chi connectivity index (χ1v) is 9.13. The smallest absolute Gasteiger partial charge is 0.307 e. The summed E-state index contributed by atoms with van der Waals surface area (Å²) in [6, 6.07) is 21.9. The summed E-state index contributed by atoms with van der Waals surface area (Å²) < 4.78 is 0. The van der Waals surface area contributed by atoms with Gasteiger partial charge in [-0.3, -0.25) is 9.59 Å². The largest absolute Gasteiger partial charge is 0.481 e. The Hall–Kier alpha value is -3.37. The van der Waals surface area contributed by atoms with Gasteiger partial charge in [-0.15, -0.1) is 0 Å². The Morgan fingerprint density at radius 3 is 2.46 bits per heavy atom. The summed E-state index contributed by atoms with van der Waals surface area (Å²) in [5.41, 5.74) is 3.67. The van der Waals surface area contributed by atoms with Crippen molar-refractivity contribution in [1.82, 2.24) is 4.98 Å². The molecule has 3 aromatic carbocycles. The van der Waals surface area contributed by atoms with E-state index in [1.165, 1.54) is 0 Å². The Balaban J connectivity index is 1.81. The molecule has 28 heavy (non-hydrogen) atoms. The predicted molar refractivity (Wildman–Crippen MR) is 110 cm³/mol. The first-order valence-electron chi connectivity index (χ1n) is 8.75. The number of fused-ring (bicyclic) bond motifs is 1. The lowest BCUT2D eigenvalue weighted by Crippen LogP contribution is -2.09. The number of nitrogens with one attached hydrogen (secondary N) is 1. The Bertz CT molecular complexity index is 1210. The normalized spacial score (nSPS) is 10.9. The van der Waals surface area contributed by atoms with E-state index in [0.29, 0.717) is 21.8 Å². The molecule has 0 saturated carbocycles. The molecule has 0 aliphatic heterocycles. The van der Waals surface area contributed by atoms with Gasteiger partial charge >= 0.3 is 5.97 Å². The maximum absolute atomic E-state index is 13.2. The summed E-state index contributed by atoms with van der Waals surface area (Å²) in [6.45, 7) is 0. The second-order valence-electron chi connectivity index (χ2n) is 6.48. The van der Waals surface area contributed by atoms with Gasteiger partial charge in [-0.1, -0.05) is 66.2 Å². The highest BCUT2D eigenvalue weighted by molar-refractivity contribution is 6.33. The Kier molecular flexibility index (Phi) is 4.72. The van der Waals surface area contributed by atoms with Gasteiger partial charge < -0.3 is 10.1 Å². The van der Waals surface area contributed by atoms with Gasteiger partial charge in [-0.05, 0) is 23.8 Å². The van der Waals surface area contributed by atoms with Crippen LogP contribution in [0, 0.1) is 0 Å². The molecule has 0 atom stereocenters. The monoisotopic (exact) mass is 389 g/mol. The average molecular weight is 390 g/mol. The van der Waals surface area contributed by atoms with Crippen LogP contribution in [0.4, 0.5) is 0 Å². The quantitative estimate of drug-likeness (QED) is 0.452. The van der Waals surface area contributed by atoms with Crippen LogP contribution in [-0.4, -0.2) is 21.8 Å². The zero-order valence-corrected chi connectivity index (χ0v) is 15.5. The molecule has 138 valence electrons. The summed E-state index contributed by atoms with van der Waals surface area (Å²) in [7, 11) is 0. The summed E-state index contributed by atoms with van der Waals surface area (Å²) in [5, 5.41) is 10.7. The van der Waals surface area contributed by atoms with Crippen molar-refractivity contribution >= 4 is 34.3 Å². The minimum atomic E-state index is -0.983. The molecule has 0 aliphatic rings. The number of carboxylic acid groups (broad SMARTS) is 1. The number of carbonyl (C=O) groups excluding carboxylic acids is 1. The molecule has 0 aliphatic carbocycles. The van der Waals surface area contributed by atoms with E-state index in [4.69, 9.17) is 11.6 Å². The molecular formula is C23H16ClNO3. The fraction of sp³-hybridized carbons (Fsp3) is 0.0435. The molecule has 0 fully saturated rings. The minimum absolute atomic E-state index is 0.227. The van der Waals surface area contributed by atoms with Gasteiger partial charge in [0, 0.05) is 32.6 Å². The number of hydrogen-bond acceptors (Lipinski definition) is 2. The fourth-order valence-corrected chi connectivity index (χ4v) is 3.64. The number of ketones is 1. The number of halogens is 1. The van der Waals surface area contributed by atoms with E-state index >= 15 is 0 Å². The molecule has 0 radical (unpaired) electrons. The number of carboxylic acids is 1. The maximum atomic E-state index is 13.2. The number of H-pyrrole nitrogens is 1. The lowest BCUT2D eigenvalue weighted by Gasteiger charge is -2.07. The number of rotatable bonds is 5. The van der Waals surface area contributed by atoms with Crippen LogP contribution in [0.1, 0.15) is 21.6 Å². The van der Waals surface area contributed by atoms with Gasteiger partial charge in [0.1, 0.15) is 0 Å². The number of para-hydroxylation sites is 1. The van der Waals surface area contributed by atoms with E-state index in [1.54, 1.807) is 24.3 Å². The molecule has 4 rings (SSSR count). The highest BCUT2D eigenvalue weighted by Crippen LogP contribution is 2.30. The molecule has 0 saturated heterocycles. The molecule has 0 unspecified atom stereocenters. The molecule has 0 amide bonds. The first-order chi connectivity index (χ1) is 13.5. The predicted octanol–water partition coefficient (Wildman–Crippen LogP) is 5.35. The van der Waals surface area contributed by atoms with E-state index in [0.717, 1.165) is 22.0 Å². The van der Waals surface area contributed by atoms with E-state index in [9.17, 15) is 14.7 Å². The number of hydrogen-bond donors (Lipinski definition) is 2. The van der Waals surface area contributed by atoms with Crippen LogP contribution in [0.3, 0.4) is 0 Å². The second-order valence-corrected chi connectivity index (χ2v) is 6.89. The fourth-order valence-electron chi connectivity index (χ4n) is 3.40. The van der Waals surface area contributed by atoms with Gasteiger partial charge in [0.05, 0.1) is 12.1 Å². The third kappa shape index (κ3) is 3.30. The minimum Gasteiger partial charge on any atom is -0.481 e. The van der Waals surface area contributed by atoms with Gasteiger partial charge in [-0.2, -0.15) is 0 Å². The standard InChI is InChI=1S/C23H16ClNO3/c24-19-10-3-1-8-16(19)14-6-5-7-15(12-14)23(28)22-18(13-21(26)27)17-9-2-4-11-20(17)25-22/h1-12,25H,13H2,(H,26,27). The molecule has 5 heteroatoms. The Morgan fingerprint density at radius 2 is 1.68 bits per heavy atom. The van der Waals surface area contributed by atoms with Crippen molar-refractivity contribution in [3.63, 3.8) is 0 Å². The second kappa shape index (κ2) is 7.33. The summed E-state index contributed by atoms with van der Waals surface area (Å²) in [5.74, 6) is -1.23. The van der Waals surface area contributed by atoms with Crippen molar-refractivity contribution in [3.05, 3.63) is 94.6 Å². The van der Waals surface area contributed by atoms with Crippen molar-refractivity contribution in [2.24, 2.45) is 0 Å². The average Bonchev–Trinajstić information content (AvgIpc) is 3.06. The van der Waals surface area contributed by atoms with E-state index in [-0.39, 0.29) is 12.2 Å². The van der Waals surface area contributed by atoms with Crippen LogP contribution < -0.4 is 0 Å². The number of carbonyl (C=O) groups is 2. The molecular weight excluding hydrogens is 374 g/mol. The lowest BCUT2D eigenvalue weighted by molar-refractivity contribution is -0.136. The third-order valence-corrected chi connectivity index (χ3v) is 5.01. The number of aromatic amines is 1. The molecule has 0 bridgehead atoms. The van der Waals surface area contributed by atoms with Crippen LogP contribution in [0.25, 0.3) is 22.0 Å². The highest BCUT2D eigenvalue weighted by Gasteiger charge is 2.21.